The van der Waals surface area contributed by atoms with Crippen molar-refractivity contribution in [2.75, 3.05) is 13.1 Å². The molecule has 1 amide bonds. The molecule has 1 fully saturated rings. The number of benzene rings is 2. The molecule has 138 valence electrons. The van der Waals surface area contributed by atoms with Crippen LogP contribution in [0.15, 0.2) is 60.8 Å². The Labute approximate surface area is 158 Å². The van der Waals surface area contributed by atoms with Crippen LogP contribution < -0.4 is 10.5 Å². The summed E-state index contributed by atoms with van der Waals surface area (Å²) in [6.07, 6.45) is 3.96. The standard InChI is InChI=1S/C22H23N3O2/c23-22(26)14-25-13-3-6-21(25)16-7-9-18(10-8-16)27-15-17-11-12-24-20-5-2-1-4-19(17)20/h1-2,4-5,7-12,21H,3,6,13-15H2,(H2,23,26). The number of primary amides is 1. The Bertz CT molecular complexity index is 934. The molecule has 2 N–H and O–H groups in total. The predicted molar refractivity (Wildman–Crippen MR) is 105 cm³/mol. The van der Waals surface area contributed by atoms with Crippen molar-refractivity contribution in [2.24, 2.45) is 5.73 Å². The first-order valence-electron chi connectivity index (χ1n) is 9.28. The third-order valence-corrected chi connectivity index (χ3v) is 5.12. The van der Waals surface area contributed by atoms with E-state index in [2.05, 4.69) is 28.1 Å². The van der Waals surface area contributed by atoms with Gasteiger partial charge in [-0.05, 0) is 49.2 Å². The average Bonchev–Trinajstić information content (AvgIpc) is 3.14. The molecule has 1 unspecified atom stereocenters. The monoisotopic (exact) mass is 361 g/mol. The lowest BCUT2D eigenvalue weighted by Crippen LogP contribution is -2.33. The van der Waals surface area contributed by atoms with Gasteiger partial charge in [-0.15, -0.1) is 0 Å². The minimum Gasteiger partial charge on any atom is -0.489 e. The van der Waals surface area contributed by atoms with Crippen LogP contribution in [0.25, 0.3) is 10.9 Å². The highest BCUT2D eigenvalue weighted by molar-refractivity contribution is 5.81. The highest BCUT2D eigenvalue weighted by Gasteiger charge is 2.26. The van der Waals surface area contributed by atoms with Crippen molar-refractivity contribution in [2.45, 2.75) is 25.5 Å². The molecular formula is C22H23N3O2. The molecule has 5 nitrogen and oxygen atoms in total. The molecule has 1 atom stereocenters. The van der Waals surface area contributed by atoms with E-state index in [9.17, 15) is 4.79 Å². The van der Waals surface area contributed by atoms with Gasteiger partial charge in [-0.25, -0.2) is 0 Å². The lowest BCUT2D eigenvalue weighted by Gasteiger charge is -2.23. The lowest BCUT2D eigenvalue weighted by atomic mass is 10.0. The van der Waals surface area contributed by atoms with Crippen molar-refractivity contribution in [3.8, 4) is 5.75 Å². The minimum absolute atomic E-state index is 0.260. The summed E-state index contributed by atoms with van der Waals surface area (Å²) < 4.78 is 5.99. The normalized spacial score (nSPS) is 17.3. The molecule has 0 radical (unpaired) electrons. The molecule has 2 heterocycles. The van der Waals surface area contributed by atoms with E-state index in [1.165, 1.54) is 5.56 Å². The van der Waals surface area contributed by atoms with Crippen LogP contribution in [0.5, 0.6) is 5.75 Å². The molecule has 1 aliphatic rings. The van der Waals surface area contributed by atoms with Crippen LogP contribution in [0.1, 0.15) is 30.0 Å². The first-order valence-corrected chi connectivity index (χ1v) is 9.28. The minimum atomic E-state index is -0.272. The summed E-state index contributed by atoms with van der Waals surface area (Å²) in [5.41, 5.74) is 8.67. The Balaban J connectivity index is 1.44. The molecule has 3 aromatic rings. The summed E-state index contributed by atoms with van der Waals surface area (Å²) in [6, 6.07) is 18.5. The number of amides is 1. The number of rotatable bonds is 6. The van der Waals surface area contributed by atoms with E-state index >= 15 is 0 Å². The fourth-order valence-corrected chi connectivity index (χ4v) is 3.82. The molecule has 5 heteroatoms. The van der Waals surface area contributed by atoms with E-state index in [0.717, 1.165) is 41.6 Å². The summed E-state index contributed by atoms with van der Waals surface area (Å²) in [6.45, 7) is 1.73. The Morgan fingerprint density at radius 3 is 2.78 bits per heavy atom. The van der Waals surface area contributed by atoms with Gasteiger partial charge in [-0.1, -0.05) is 30.3 Å². The van der Waals surface area contributed by atoms with E-state index in [1.807, 2.05) is 42.6 Å². The fourth-order valence-electron chi connectivity index (χ4n) is 3.82. The van der Waals surface area contributed by atoms with E-state index in [4.69, 9.17) is 10.5 Å². The lowest BCUT2D eigenvalue weighted by molar-refractivity contribution is -0.119. The second-order valence-electron chi connectivity index (χ2n) is 6.94. The van der Waals surface area contributed by atoms with Crippen LogP contribution in [0.3, 0.4) is 0 Å². The highest BCUT2D eigenvalue weighted by atomic mass is 16.5. The van der Waals surface area contributed by atoms with Crippen LogP contribution >= 0.6 is 0 Å². The Kier molecular flexibility index (Phi) is 5.03. The summed E-state index contributed by atoms with van der Waals surface area (Å²) in [7, 11) is 0. The SMILES string of the molecule is NC(=O)CN1CCCC1c1ccc(OCc2ccnc3ccccc23)cc1. The molecule has 2 aromatic carbocycles. The molecule has 0 saturated carbocycles. The van der Waals surface area contributed by atoms with Crippen molar-refractivity contribution in [3.63, 3.8) is 0 Å². The Hall–Kier alpha value is -2.92. The number of carbonyl (C=O) groups excluding carboxylic acids is 1. The molecule has 0 spiro atoms. The second-order valence-corrected chi connectivity index (χ2v) is 6.94. The number of para-hydroxylation sites is 1. The van der Waals surface area contributed by atoms with E-state index in [1.54, 1.807) is 0 Å². The summed E-state index contributed by atoms with van der Waals surface area (Å²) in [4.78, 5) is 17.8. The van der Waals surface area contributed by atoms with Crippen LogP contribution in [-0.4, -0.2) is 28.9 Å². The molecular weight excluding hydrogens is 338 g/mol. The molecule has 27 heavy (non-hydrogen) atoms. The number of aromatic nitrogens is 1. The van der Waals surface area contributed by atoms with E-state index in [-0.39, 0.29) is 11.9 Å². The largest absolute Gasteiger partial charge is 0.489 e. The van der Waals surface area contributed by atoms with Crippen molar-refractivity contribution in [1.82, 2.24) is 9.88 Å². The topological polar surface area (TPSA) is 68.5 Å². The van der Waals surface area contributed by atoms with Gasteiger partial charge < -0.3 is 10.5 Å². The zero-order chi connectivity index (χ0) is 18.6. The number of likely N-dealkylation sites (tertiary alicyclic amines) is 1. The molecule has 0 bridgehead atoms. The van der Waals surface area contributed by atoms with Gasteiger partial charge in [0.15, 0.2) is 0 Å². The third kappa shape index (κ3) is 3.93. The van der Waals surface area contributed by atoms with Crippen molar-refractivity contribution >= 4 is 16.8 Å². The predicted octanol–water partition coefficient (Wildman–Crippen LogP) is 3.44. The molecule has 1 saturated heterocycles. The van der Waals surface area contributed by atoms with E-state index in [0.29, 0.717) is 13.2 Å². The number of pyridine rings is 1. The van der Waals surface area contributed by atoms with Gasteiger partial charge in [0.25, 0.3) is 0 Å². The maximum Gasteiger partial charge on any atom is 0.231 e. The van der Waals surface area contributed by atoms with Crippen molar-refractivity contribution < 1.29 is 9.53 Å². The Morgan fingerprint density at radius 1 is 1.15 bits per heavy atom. The molecule has 0 aliphatic carbocycles. The van der Waals surface area contributed by atoms with Gasteiger partial charge in [-0.2, -0.15) is 0 Å². The maximum atomic E-state index is 11.3. The van der Waals surface area contributed by atoms with Gasteiger partial charge in [0.2, 0.25) is 5.91 Å². The number of fused-ring (bicyclic) bond motifs is 1. The number of nitrogens with two attached hydrogens (primary N) is 1. The van der Waals surface area contributed by atoms with Crippen LogP contribution in [0, 0.1) is 0 Å². The van der Waals surface area contributed by atoms with Gasteiger partial charge in [0.05, 0.1) is 12.1 Å². The van der Waals surface area contributed by atoms with Gasteiger partial charge >= 0.3 is 0 Å². The summed E-state index contributed by atoms with van der Waals surface area (Å²) >= 11 is 0. The van der Waals surface area contributed by atoms with Crippen molar-refractivity contribution in [1.29, 1.82) is 0 Å². The highest BCUT2D eigenvalue weighted by Crippen LogP contribution is 2.32. The number of nitrogens with zero attached hydrogens (tertiary/aromatic N) is 2. The van der Waals surface area contributed by atoms with Crippen LogP contribution in [0.4, 0.5) is 0 Å². The average molecular weight is 361 g/mol. The maximum absolute atomic E-state index is 11.3. The van der Waals surface area contributed by atoms with Crippen LogP contribution in [-0.2, 0) is 11.4 Å². The second kappa shape index (κ2) is 7.76. The fraction of sp³-hybridized carbons (Fsp3) is 0.273. The first kappa shape index (κ1) is 17.5. The summed E-state index contributed by atoms with van der Waals surface area (Å²) in [5, 5.41) is 1.12. The van der Waals surface area contributed by atoms with Crippen molar-refractivity contribution in [3.05, 3.63) is 71.9 Å². The smallest absolute Gasteiger partial charge is 0.231 e. The van der Waals surface area contributed by atoms with Gasteiger partial charge in [0, 0.05) is 23.2 Å². The molecule has 1 aliphatic heterocycles. The molecule has 1 aromatic heterocycles. The third-order valence-electron chi connectivity index (χ3n) is 5.12. The zero-order valence-electron chi connectivity index (χ0n) is 15.2. The summed E-state index contributed by atoms with van der Waals surface area (Å²) in [5.74, 6) is 0.561. The number of hydrogen-bond donors (Lipinski definition) is 1. The number of hydrogen-bond acceptors (Lipinski definition) is 4. The first-order chi connectivity index (χ1) is 13.2. The van der Waals surface area contributed by atoms with Crippen LogP contribution in [0.2, 0.25) is 0 Å². The number of carbonyl (C=O) groups is 1. The number of ether oxygens (including phenoxy) is 1. The Morgan fingerprint density at radius 2 is 1.96 bits per heavy atom. The van der Waals surface area contributed by atoms with Gasteiger partial charge in [-0.3, -0.25) is 14.7 Å². The zero-order valence-corrected chi connectivity index (χ0v) is 15.2. The van der Waals surface area contributed by atoms with E-state index < -0.39 is 0 Å². The van der Waals surface area contributed by atoms with Gasteiger partial charge in [0.1, 0.15) is 12.4 Å². The quantitative estimate of drug-likeness (QED) is 0.730. The molecule has 4 rings (SSSR count).